The number of carbonyl (C=O) groups excluding carboxylic acids is 1. The summed E-state index contributed by atoms with van der Waals surface area (Å²) in [6.45, 7) is 0.478. The minimum absolute atomic E-state index is 0.321. The van der Waals surface area contributed by atoms with Gasteiger partial charge in [-0.15, -0.1) is 0 Å². The van der Waals surface area contributed by atoms with E-state index in [9.17, 15) is 22.0 Å². The lowest BCUT2D eigenvalue weighted by Gasteiger charge is -2.22. The average Bonchev–Trinajstić information content (AvgIpc) is 2.35. The highest BCUT2D eigenvalue weighted by molar-refractivity contribution is 7.89. The highest BCUT2D eigenvalue weighted by atomic mass is 32.2. The molecule has 0 aromatic heterocycles. The predicted molar refractivity (Wildman–Crippen MR) is 62.7 cm³/mol. The Morgan fingerprint density at radius 3 is 2.74 bits per heavy atom. The van der Waals surface area contributed by atoms with Gasteiger partial charge in [-0.05, 0) is 31.0 Å². The molecule has 0 aliphatic carbocycles. The average molecular weight is 290 g/mol. The number of benzene rings is 1. The van der Waals surface area contributed by atoms with E-state index in [0.29, 0.717) is 25.5 Å². The number of hydrogen-bond acceptors (Lipinski definition) is 3. The Bertz CT molecular complexity index is 604. The lowest BCUT2D eigenvalue weighted by molar-refractivity contribution is -0.124. The summed E-state index contributed by atoms with van der Waals surface area (Å²) in [5.74, 6) is -2.40. The molecule has 1 aliphatic rings. The maximum Gasteiger partial charge on any atom is 0.244 e. The van der Waals surface area contributed by atoms with Crippen LogP contribution < -0.4 is 10.0 Å². The summed E-state index contributed by atoms with van der Waals surface area (Å²) in [4.78, 5) is 10.6. The van der Waals surface area contributed by atoms with E-state index in [-0.39, 0.29) is 0 Å². The number of halogens is 2. The van der Waals surface area contributed by atoms with Crippen LogP contribution in [0, 0.1) is 11.6 Å². The zero-order valence-corrected chi connectivity index (χ0v) is 10.6. The standard InChI is InChI=1S/C11H12F2N2O3S/c12-7-3-4-8(13)10(6-7)19(17,18)15-9-2-1-5-14-11(9)16/h3-4,6,9,15H,1-2,5H2,(H,14,16)/t9-/m0/s1. The number of hydrogen-bond donors (Lipinski definition) is 2. The van der Waals surface area contributed by atoms with E-state index in [1.54, 1.807) is 0 Å². The van der Waals surface area contributed by atoms with Crippen LogP contribution in [0.25, 0.3) is 0 Å². The van der Waals surface area contributed by atoms with Crippen molar-refractivity contribution in [1.29, 1.82) is 0 Å². The van der Waals surface area contributed by atoms with E-state index in [1.807, 2.05) is 0 Å². The van der Waals surface area contributed by atoms with Crippen molar-refractivity contribution in [2.24, 2.45) is 0 Å². The fourth-order valence-electron chi connectivity index (χ4n) is 1.82. The Labute approximate surface area is 109 Å². The van der Waals surface area contributed by atoms with Gasteiger partial charge in [-0.25, -0.2) is 17.2 Å². The molecule has 5 nitrogen and oxygen atoms in total. The second kappa shape index (κ2) is 5.22. The van der Waals surface area contributed by atoms with Crippen LogP contribution in [0.4, 0.5) is 8.78 Å². The Kier molecular flexibility index (Phi) is 3.81. The minimum atomic E-state index is -4.27. The largest absolute Gasteiger partial charge is 0.355 e. The summed E-state index contributed by atoms with van der Waals surface area (Å²) >= 11 is 0. The molecule has 2 N–H and O–H groups in total. The van der Waals surface area contributed by atoms with Gasteiger partial charge in [0.15, 0.2) is 0 Å². The van der Waals surface area contributed by atoms with E-state index >= 15 is 0 Å². The molecule has 0 saturated carbocycles. The highest BCUT2D eigenvalue weighted by Gasteiger charge is 2.29. The van der Waals surface area contributed by atoms with Crippen LogP contribution in [0.15, 0.2) is 23.1 Å². The van der Waals surface area contributed by atoms with Gasteiger partial charge in [0, 0.05) is 6.54 Å². The van der Waals surface area contributed by atoms with E-state index in [2.05, 4.69) is 10.0 Å². The molecule has 19 heavy (non-hydrogen) atoms. The molecule has 1 atom stereocenters. The zero-order chi connectivity index (χ0) is 14.0. The second-order valence-corrected chi connectivity index (χ2v) is 5.86. The van der Waals surface area contributed by atoms with E-state index in [4.69, 9.17) is 0 Å². The van der Waals surface area contributed by atoms with E-state index in [0.717, 1.165) is 12.1 Å². The molecule has 0 bridgehead atoms. The van der Waals surface area contributed by atoms with Crippen LogP contribution in [-0.4, -0.2) is 26.9 Å². The summed E-state index contributed by atoms with van der Waals surface area (Å²) in [7, 11) is -4.27. The Morgan fingerprint density at radius 1 is 1.32 bits per heavy atom. The van der Waals surface area contributed by atoms with Gasteiger partial charge in [0.2, 0.25) is 15.9 Å². The number of piperidine rings is 1. The minimum Gasteiger partial charge on any atom is -0.355 e. The third-order valence-electron chi connectivity index (χ3n) is 2.77. The van der Waals surface area contributed by atoms with Crippen LogP contribution in [0.2, 0.25) is 0 Å². The molecule has 0 radical (unpaired) electrons. The lowest BCUT2D eigenvalue weighted by Crippen LogP contribution is -2.50. The summed E-state index contributed by atoms with van der Waals surface area (Å²) < 4.78 is 52.4. The lowest BCUT2D eigenvalue weighted by atomic mass is 10.1. The zero-order valence-electron chi connectivity index (χ0n) is 9.82. The Hall–Kier alpha value is -1.54. The fourth-order valence-corrected chi connectivity index (χ4v) is 3.14. The van der Waals surface area contributed by atoms with Crippen LogP contribution in [0.5, 0.6) is 0 Å². The topological polar surface area (TPSA) is 75.3 Å². The Morgan fingerprint density at radius 2 is 2.05 bits per heavy atom. The number of nitrogens with one attached hydrogen (secondary N) is 2. The molecule has 1 amide bonds. The first kappa shape index (κ1) is 13.9. The normalized spacial score (nSPS) is 20.1. The first-order valence-electron chi connectivity index (χ1n) is 5.65. The fraction of sp³-hybridized carbons (Fsp3) is 0.364. The van der Waals surface area contributed by atoms with Gasteiger partial charge < -0.3 is 5.32 Å². The molecule has 1 aromatic carbocycles. The summed E-state index contributed by atoms with van der Waals surface area (Å²) in [5, 5.41) is 2.50. The number of sulfonamides is 1. The van der Waals surface area contributed by atoms with Crippen molar-refractivity contribution in [2.75, 3.05) is 6.54 Å². The van der Waals surface area contributed by atoms with Crippen LogP contribution >= 0.6 is 0 Å². The van der Waals surface area contributed by atoms with Gasteiger partial charge in [-0.1, -0.05) is 0 Å². The Balaban J connectivity index is 2.27. The quantitative estimate of drug-likeness (QED) is 0.852. The van der Waals surface area contributed by atoms with Crippen LogP contribution in [-0.2, 0) is 14.8 Å². The molecule has 0 unspecified atom stereocenters. The van der Waals surface area contributed by atoms with Crippen molar-refractivity contribution in [1.82, 2.24) is 10.0 Å². The molecule has 104 valence electrons. The van der Waals surface area contributed by atoms with E-state index in [1.165, 1.54) is 0 Å². The SMILES string of the molecule is O=C1NCCC[C@@H]1NS(=O)(=O)c1cc(F)ccc1F. The molecule has 1 heterocycles. The third kappa shape index (κ3) is 3.07. The van der Waals surface area contributed by atoms with Gasteiger partial charge in [-0.3, -0.25) is 4.79 Å². The predicted octanol–water partition coefficient (Wildman–Crippen LogP) is 0.522. The molecule has 0 spiro atoms. The highest BCUT2D eigenvalue weighted by Crippen LogP contribution is 2.17. The third-order valence-corrected chi connectivity index (χ3v) is 4.25. The van der Waals surface area contributed by atoms with Crippen molar-refractivity contribution in [3.8, 4) is 0 Å². The van der Waals surface area contributed by atoms with Gasteiger partial charge in [0.25, 0.3) is 0 Å². The van der Waals surface area contributed by atoms with Gasteiger partial charge in [0.05, 0.1) is 0 Å². The van der Waals surface area contributed by atoms with E-state index < -0.39 is 38.5 Å². The molecule has 8 heteroatoms. The molecule has 1 aliphatic heterocycles. The van der Waals surface area contributed by atoms with Crippen molar-refractivity contribution in [3.63, 3.8) is 0 Å². The van der Waals surface area contributed by atoms with Crippen molar-refractivity contribution < 1.29 is 22.0 Å². The van der Waals surface area contributed by atoms with Crippen LogP contribution in [0.3, 0.4) is 0 Å². The monoisotopic (exact) mass is 290 g/mol. The smallest absolute Gasteiger partial charge is 0.244 e. The van der Waals surface area contributed by atoms with Crippen LogP contribution in [0.1, 0.15) is 12.8 Å². The second-order valence-electron chi connectivity index (χ2n) is 4.18. The van der Waals surface area contributed by atoms with Crippen molar-refractivity contribution >= 4 is 15.9 Å². The first-order chi connectivity index (χ1) is 8.90. The molecule has 1 saturated heterocycles. The summed E-state index contributed by atoms with van der Waals surface area (Å²) in [6.07, 6.45) is 0.937. The number of carbonyl (C=O) groups is 1. The van der Waals surface area contributed by atoms with Crippen molar-refractivity contribution in [3.05, 3.63) is 29.8 Å². The maximum absolute atomic E-state index is 13.4. The van der Waals surface area contributed by atoms with Gasteiger partial charge in [-0.2, -0.15) is 4.72 Å². The van der Waals surface area contributed by atoms with Crippen molar-refractivity contribution in [2.45, 2.75) is 23.8 Å². The molecular formula is C11H12F2N2O3S. The number of amides is 1. The first-order valence-corrected chi connectivity index (χ1v) is 7.13. The molecule has 2 rings (SSSR count). The summed E-state index contributed by atoms with van der Waals surface area (Å²) in [6, 6.07) is 1.17. The van der Waals surface area contributed by atoms with Gasteiger partial charge in [0.1, 0.15) is 22.6 Å². The molecule has 1 fully saturated rings. The number of rotatable bonds is 3. The maximum atomic E-state index is 13.4. The van der Waals surface area contributed by atoms with Gasteiger partial charge >= 0.3 is 0 Å². The summed E-state index contributed by atoms with van der Waals surface area (Å²) in [5.41, 5.74) is 0. The molecular weight excluding hydrogens is 278 g/mol. The molecule has 1 aromatic rings.